The number of methoxy groups -OCH3 is 2. The molecule has 4 heterocycles. The van der Waals surface area contributed by atoms with Gasteiger partial charge in [0.2, 0.25) is 0 Å². The summed E-state index contributed by atoms with van der Waals surface area (Å²) in [6.45, 7) is 0. The first-order valence-corrected chi connectivity index (χ1v) is 9.47. The number of pyridine rings is 2. The summed E-state index contributed by atoms with van der Waals surface area (Å²) in [5.74, 6) is 1.65. The summed E-state index contributed by atoms with van der Waals surface area (Å²) in [6, 6.07) is 17.5. The molecule has 0 aromatic carbocycles. The largest absolute Gasteiger partial charge is 2.00 e. The maximum absolute atomic E-state index is 5.10. The van der Waals surface area contributed by atoms with Gasteiger partial charge in [0.1, 0.15) is 11.5 Å². The molecular formula is C20H16N2O2PtS2. The van der Waals surface area contributed by atoms with E-state index in [1.165, 1.54) is 0 Å². The van der Waals surface area contributed by atoms with E-state index < -0.39 is 0 Å². The molecule has 0 radical (unpaired) electrons. The summed E-state index contributed by atoms with van der Waals surface area (Å²) >= 11 is 3.24. The van der Waals surface area contributed by atoms with Crippen LogP contribution in [0.5, 0.6) is 11.5 Å². The van der Waals surface area contributed by atoms with Gasteiger partial charge < -0.3 is 19.4 Å². The molecule has 4 aromatic rings. The SMILES string of the molecule is COc1ccnc(-c2[c-]ccs2)c1.COc1ccnc(-c2[c-]ccs2)c1.[Pt+2]. The van der Waals surface area contributed by atoms with E-state index in [2.05, 4.69) is 22.1 Å². The van der Waals surface area contributed by atoms with E-state index in [1.54, 1.807) is 49.3 Å². The second kappa shape index (κ2) is 11.0. The van der Waals surface area contributed by atoms with Crippen LogP contribution in [-0.4, -0.2) is 24.2 Å². The Labute approximate surface area is 181 Å². The van der Waals surface area contributed by atoms with Gasteiger partial charge in [0, 0.05) is 12.4 Å². The van der Waals surface area contributed by atoms with Crippen LogP contribution in [0.4, 0.5) is 0 Å². The Balaban J connectivity index is 0.000000187. The van der Waals surface area contributed by atoms with Gasteiger partial charge in [-0.1, -0.05) is 9.75 Å². The standard InChI is InChI=1S/2C10H8NOS.Pt/c2*1-12-8-4-5-11-9(7-8)10-3-2-6-13-10;/h2*2,4-7H,1H3;/q2*-1;+2. The maximum Gasteiger partial charge on any atom is 2.00 e. The monoisotopic (exact) mass is 575 g/mol. The summed E-state index contributed by atoms with van der Waals surface area (Å²) in [5.41, 5.74) is 1.82. The smallest absolute Gasteiger partial charge is 0.498 e. The molecule has 7 heteroatoms. The van der Waals surface area contributed by atoms with Crippen molar-refractivity contribution in [1.29, 1.82) is 0 Å². The molecule has 0 atom stereocenters. The van der Waals surface area contributed by atoms with Crippen molar-refractivity contribution in [3.63, 3.8) is 0 Å². The number of ether oxygens (including phenoxy) is 2. The van der Waals surface area contributed by atoms with Crippen LogP contribution in [0.25, 0.3) is 21.1 Å². The maximum atomic E-state index is 5.10. The number of rotatable bonds is 4. The first-order chi connectivity index (χ1) is 12.8. The molecule has 4 aromatic heterocycles. The summed E-state index contributed by atoms with van der Waals surface area (Å²) in [7, 11) is 3.30. The fraction of sp³-hybridized carbons (Fsp3) is 0.100. The Morgan fingerprint density at radius 1 is 0.778 bits per heavy atom. The zero-order chi connectivity index (χ0) is 18.2. The van der Waals surface area contributed by atoms with Crippen LogP contribution >= 0.6 is 22.7 Å². The van der Waals surface area contributed by atoms with Gasteiger partial charge in [-0.25, -0.2) is 22.7 Å². The van der Waals surface area contributed by atoms with Crippen molar-refractivity contribution >= 4 is 22.7 Å². The van der Waals surface area contributed by atoms with Gasteiger partial charge >= 0.3 is 21.1 Å². The molecule has 0 fully saturated rings. The number of hydrogen-bond acceptors (Lipinski definition) is 6. The predicted molar refractivity (Wildman–Crippen MR) is 106 cm³/mol. The van der Waals surface area contributed by atoms with Crippen LogP contribution in [0.1, 0.15) is 0 Å². The van der Waals surface area contributed by atoms with Gasteiger partial charge in [0.15, 0.2) is 0 Å². The summed E-state index contributed by atoms with van der Waals surface area (Å²) in [5, 5.41) is 3.97. The van der Waals surface area contributed by atoms with Crippen molar-refractivity contribution in [2.45, 2.75) is 0 Å². The number of nitrogens with zero attached hydrogens (tertiary/aromatic N) is 2. The first-order valence-electron chi connectivity index (χ1n) is 7.71. The summed E-state index contributed by atoms with van der Waals surface area (Å²) in [4.78, 5) is 10.5. The van der Waals surface area contributed by atoms with Gasteiger partial charge in [0.05, 0.1) is 14.2 Å². The van der Waals surface area contributed by atoms with Crippen LogP contribution in [-0.2, 0) is 21.1 Å². The van der Waals surface area contributed by atoms with Crippen LogP contribution in [0.15, 0.2) is 59.6 Å². The average molecular weight is 576 g/mol. The van der Waals surface area contributed by atoms with Gasteiger partial charge in [-0.3, -0.25) is 0 Å². The fourth-order valence-corrected chi connectivity index (χ4v) is 3.37. The van der Waals surface area contributed by atoms with Gasteiger partial charge in [0.25, 0.3) is 0 Å². The predicted octanol–water partition coefficient (Wildman–Crippen LogP) is 5.24. The normalized spacial score (nSPS) is 9.56. The topological polar surface area (TPSA) is 44.2 Å². The van der Waals surface area contributed by atoms with Crippen molar-refractivity contribution in [2.75, 3.05) is 14.2 Å². The molecule has 0 unspecified atom stereocenters. The van der Waals surface area contributed by atoms with Gasteiger partial charge in [-0.05, 0) is 35.7 Å². The molecule has 0 spiro atoms. The van der Waals surface area contributed by atoms with Crippen LogP contribution in [0.2, 0.25) is 0 Å². The third kappa shape index (κ3) is 5.99. The molecule has 4 rings (SSSR count). The van der Waals surface area contributed by atoms with Crippen LogP contribution in [0, 0.1) is 12.1 Å². The zero-order valence-electron chi connectivity index (χ0n) is 14.6. The Hall–Kier alpha value is -2.01. The zero-order valence-corrected chi connectivity index (χ0v) is 18.5. The quantitative estimate of drug-likeness (QED) is 0.313. The molecule has 0 aliphatic rings. The fourth-order valence-electron chi connectivity index (χ4n) is 2.08. The van der Waals surface area contributed by atoms with E-state index in [1.807, 2.05) is 47.2 Å². The van der Waals surface area contributed by atoms with E-state index in [0.717, 1.165) is 32.6 Å². The second-order valence-corrected chi connectivity index (χ2v) is 6.78. The summed E-state index contributed by atoms with van der Waals surface area (Å²) in [6.07, 6.45) is 3.48. The summed E-state index contributed by atoms with van der Waals surface area (Å²) < 4.78 is 10.2. The Kier molecular flexibility index (Phi) is 8.65. The Bertz CT molecular complexity index is 851. The molecule has 0 saturated heterocycles. The molecule has 140 valence electrons. The van der Waals surface area contributed by atoms with Gasteiger partial charge in [-0.2, -0.15) is 24.3 Å². The molecule has 0 N–H and O–H groups in total. The number of aromatic nitrogens is 2. The first kappa shape index (κ1) is 21.3. The molecule has 0 aliphatic carbocycles. The molecule has 0 aliphatic heterocycles. The molecule has 0 saturated carbocycles. The second-order valence-electron chi connectivity index (χ2n) is 4.95. The third-order valence-electron chi connectivity index (χ3n) is 3.34. The molecule has 0 amide bonds. The minimum atomic E-state index is 0. The van der Waals surface area contributed by atoms with Crippen molar-refractivity contribution in [1.82, 2.24) is 9.97 Å². The number of hydrogen-bond donors (Lipinski definition) is 0. The van der Waals surface area contributed by atoms with E-state index >= 15 is 0 Å². The van der Waals surface area contributed by atoms with Crippen molar-refractivity contribution in [3.05, 3.63) is 71.7 Å². The van der Waals surface area contributed by atoms with Crippen molar-refractivity contribution < 1.29 is 30.5 Å². The number of thiophene rings is 2. The van der Waals surface area contributed by atoms with Crippen LogP contribution < -0.4 is 9.47 Å². The molecule has 0 bridgehead atoms. The minimum Gasteiger partial charge on any atom is -0.498 e. The van der Waals surface area contributed by atoms with E-state index in [9.17, 15) is 0 Å². The Morgan fingerprint density at radius 2 is 1.22 bits per heavy atom. The third-order valence-corrected chi connectivity index (χ3v) is 5.01. The molecule has 27 heavy (non-hydrogen) atoms. The minimum absolute atomic E-state index is 0. The van der Waals surface area contributed by atoms with Gasteiger partial charge in [-0.15, -0.1) is 10.8 Å². The van der Waals surface area contributed by atoms with Crippen LogP contribution in [0.3, 0.4) is 0 Å². The van der Waals surface area contributed by atoms with Crippen molar-refractivity contribution in [3.8, 4) is 32.6 Å². The van der Waals surface area contributed by atoms with E-state index in [-0.39, 0.29) is 21.1 Å². The molecule has 4 nitrogen and oxygen atoms in total. The molecular weight excluding hydrogens is 559 g/mol. The van der Waals surface area contributed by atoms with Crippen molar-refractivity contribution in [2.24, 2.45) is 0 Å². The van der Waals surface area contributed by atoms with E-state index in [0.29, 0.717) is 0 Å². The Morgan fingerprint density at radius 3 is 1.56 bits per heavy atom. The van der Waals surface area contributed by atoms with E-state index in [4.69, 9.17) is 9.47 Å². The average Bonchev–Trinajstić information content (AvgIpc) is 3.42.